The summed E-state index contributed by atoms with van der Waals surface area (Å²) in [6, 6.07) is 12.7. The molecule has 106 valence electrons. The molecule has 5 heteroatoms. The quantitative estimate of drug-likeness (QED) is 0.749. The van der Waals surface area contributed by atoms with Gasteiger partial charge in [0.15, 0.2) is 5.75 Å². The van der Waals surface area contributed by atoms with Crippen molar-refractivity contribution < 1.29 is 14.6 Å². The van der Waals surface area contributed by atoms with E-state index in [1.54, 1.807) is 23.5 Å². The van der Waals surface area contributed by atoms with Gasteiger partial charge in [-0.15, -0.1) is 11.3 Å². The van der Waals surface area contributed by atoms with Gasteiger partial charge in [-0.2, -0.15) is 0 Å². The summed E-state index contributed by atoms with van der Waals surface area (Å²) in [7, 11) is 0. The molecule has 3 rings (SSSR count). The fourth-order valence-corrected chi connectivity index (χ4v) is 3.29. The average molecular weight is 319 g/mol. The molecule has 0 aliphatic rings. The fourth-order valence-electron chi connectivity index (χ4n) is 2.12. The Morgan fingerprint density at radius 1 is 1.19 bits per heavy atom. The topological polar surface area (TPSA) is 46.5 Å². The molecule has 0 spiro atoms. The van der Waals surface area contributed by atoms with Crippen LogP contribution in [0.2, 0.25) is 5.02 Å². The molecular formula is C16H11ClO3S. The number of carboxylic acids is 1. The van der Waals surface area contributed by atoms with Crippen molar-refractivity contribution >= 4 is 39.0 Å². The van der Waals surface area contributed by atoms with Crippen LogP contribution in [0, 0.1) is 0 Å². The van der Waals surface area contributed by atoms with E-state index in [9.17, 15) is 9.90 Å². The Morgan fingerprint density at radius 2 is 2.00 bits per heavy atom. The Bertz CT molecular complexity index is 810. The van der Waals surface area contributed by atoms with E-state index >= 15 is 0 Å². The van der Waals surface area contributed by atoms with Gasteiger partial charge in [0.25, 0.3) is 0 Å². The van der Waals surface area contributed by atoms with E-state index in [1.165, 1.54) is 10.8 Å². The zero-order valence-electron chi connectivity index (χ0n) is 10.9. The van der Waals surface area contributed by atoms with Gasteiger partial charge in [-0.05, 0) is 29.0 Å². The number of thiophene rings is 1. The molecule has 0 amide bonds. The second-order valence-corrected chi connectivity index (χ2v) is 5.79. The molecule has 0 saturated heterocycles. The van der Waals surface area contributed by atoms with E-state index in [1.807, 2.05) is 29.6 Å². The minimum atomic E-state index is -1.05. The first kappa shape index (κ1) is 13.9. The standard InChI is InChI=1S/C16H11ClO3S/c17-13-6-3-5-12(16(18)19)15(13)20-8-10-9-21-14-7-2-1-4-11(10)14/h1-7,9H,8H2,(H,18,19). The predicted octanol–water partition coefficient (Wildman–Crippen LogP) is 4.83. The smallest absolute Gasteiger partial charge is 0.339 e. The zero-order chi connectivity index (χ0) is 14.8. The number of carboxylic acid groups (broad SMARTS) is 1. The Morgan fingerprint density at radius 3 is 2.81 bits per heavy atom. The van der Waals surface area contributed by atoms with Crippen LogP contribution in [0.3, 0.4) is 0 Å². The highest BCUT2D eigenvalue weighted by Crippen LogP contribution is 2.31. The minimum Gasteiger partial charge on any atom is -0.486 e. The Kier molecular flexibility index (Phi) is 3.82. The molecule has 0 aliphatic heterocycles. The third-order valence-corrected chi connectivity index (χ3v) is 4.44. The minimum absolute atomic E-state index is 0.0713. The molecule has 1 aromatic heterocycles. The van der Waals surface area contributed by atoms with E-state index in [-0.39, 0.29) is 17.9 Å². The number of benzene rings is 2. The molecule has 0 radical (unpaired) electrons. The van der Waals surface area contributed by atoms with Crippen molar-refractivity contribution in [2.45, 2.75) is 6.61 Å². The average Bonchev–Trinajstić information content (AvgIpc) is 2.89. The molecule has 0 fully saturated rings. The first-order valence-electron chi connectivity index (χ1n) is 6.26. The number of halogens is 1. The van der Waals surface area contributed by atoms with Crippen LogP contribution in [0.15, 0.2) is 47.8 Å². The van der Waals surface area contributed by atoms with Crippen LogP contribution in [0.5, 0.6) is 5.75 Å². The number of fused-ring (bicyclic) bond motifs is 1. The SMILES string of the molecule is O=C(O)c1cccc(Cl)c1OCc1csc2ccccc12. The molecule has 21 heavy (non-hydrogen) atoms. The van der Waals surface area contributed by atoms with Crippen molar-refractivity contribution in [3.8, 4) is 5.75 Å². The lowest BCUT2D eigenvalue weighted by Crippen LogP contribution is -2.03. The predicted molar refractivity (Wildman–Crippen MR) is 84.6 cm³/mol. The van der Waals surface area contributed by atoms with Gasteiger partial charge in [-0.1, -0.05) is 35.9 Å². The molecule has 0 bridgehead atoms. The highest BCUT2D eigenvalue weighted by Gasteiger charge is 2.15. The lowest BCUT2D eigenvalue weighted by atomic mass is 10.2. The number of hydrogen-bond acceptors (Lipinski definition) is 3. The van der Waals surface area contributed by atoms with Crippen molar-refractivity contribution in [3.63, 3.8) is 0 Å². The van der Waals surface area contributed by atoms with Crippen LogP contribution in [-0.4, -0.2) is 11.1 Å². The summed E-state index contributed by atoms with van der Waals surface area (Å²) in [5, 5.41) is 12.6. The number of aromatic carboxylic acids is 1. The third-order valence-electron chi connectivity index (χ3n) is 3.13. The molecule has 2 aromatic carbocycles. The molecule has 0 atom stereocenters. The lowest BCUT2D eigenvalue weighted by molar-refractivity contribution is 0.0692. The molecular weight excluding hydrogens is 308 g/mol. The Hall–Kier alpha value is -2.04. The number of para-hydroxylation sites is 1. The van der Waals surface area contributed by atoms with Gasteiger partial charge < -0.3 is 9.84 Å². The van der Waals surface area contributed by atoms with Crippen LogP contribution in [0.25, 0.3) is 10.1 Å². The van der Waals surface area contributed by atoms with Crippen molar-refractivity contribution in [1.29, 1.82) is 0 Å². The number of rotatable bonds is 4. The van der Waals surface area contributed by atoms with E-state index in [0.717, 1.165) is 10.9 Å². The summed E-state index contributed by atoms with van der Waals surface area (Å²) < 4.78 is 6.85. The van der Waals surface area contributed by atoms with Gasteiger partial charge >= 0.3 is 5.97 Å². The summed E-state index contributed by atoms with van der Waals surface area (Å²) in [5.41, 5.74) is 1.09. The van der Waals surface area contributed by atoms with E-state index in [4.69, 9.17) is 16.3 Å². The van der Waals surface area contributed by atoms with E-state index in [2.05, 4.69) is 0 Å². The Labute approximate surface area is 130 Å². The van der Waals surface area contributed by atoms with E-state index in [0.29, 0.717) is 5.02 Å². The third kappa shape index (κ3) is 2.73. The molecule has 3 nitrogen and oxygen atoms in total. The van der Waals surface area contributed by atoms with Gasteiger partial charge in [0.05, 0.1) is 5.02 Å². The van der Waals surface area contributed by atoms with Crippen molar-refractivity contribution in [2.24, 2.45) is 0 Å². The number of ether oxygens (including phenoxy) is 1. The summed E-state index contributed by atoms with van der Waals surface area (Å²) in [5.74, 6) is -0.843. The summed E-state index contributed by atoms with van der Waals surface area (Å²) in [4.78, 5) is 11.2. The maximum atomic E-state index is 11.2. The maximum absolute atomic E-state index is 11.2. The highest BCUT2D eigenvalue weighted by atomic mass is 35.5. The lowest BCUT2D eigenvalue weighted by Gasteiger charge is -2.10. The second-order valence-electron chi connectivity index (χ2n) is 4.47. The molecule has 0 saturated carbocycles. The first-order chi connectivity index (χ1) is 10.2. The van der Waals surface area contributed by atoms with Crippen LogP contribution >= 0.6 is 22.9 Å². The van der Waals surface area contributed by atoms with Crippen LogP contribution in [-0.2, 0) is 6.61 Å². The second kappa shape index (κ2) is 5.76. The normalized spacial score (nSPS) is 10.7. The van der Waals surface area contributed by atoms with Gasteiger partial charge in [0.1, 0.15) is 12.2 Å². The van der Waals surface area contributed by atoms with Gasteiger partial charge in [0.2, 0.25) is 0 Å². The molecule has 0 aliphatic carbocycles. The number of hydrogen-bond donors (Lipinski definition) is 1. The van der Waals surface area contributed by atoms with Crippen LogP contribution < -0.4 is 4.74 Å². The van der Waals surface area contributed by atoms with E-state index < -0.39 is 5.97 Å². The largest absolute Gasteiger partial charge is 0.486 e. The van der Waals surface area contributed by atoms with Crippen LogP contribution in [0.4, 0.5) is 0 Å². The summed E-state index contributed by atoms with van der Waals surface area (Å²) in [6.45, 7) is 0.286. The van der Waals surface area contributed by atoms with Gasteiger partial charge in [-0.25, -0.2) is 4.79 Å². The number of carbonyl (C=O) groups is 1. The fraction of sp³-hybridized carbons (Fsp3) is 0.0625. The molecule has 1 heterocycles. The van der Waals surface area contributed by atoms with Gasteiger partial charge in [0, 0.05) is 10.3 Å². The van der Waals surface area contributed by atoms with Crippen molar-refractivity contribution in [3.05, 3.63) is 64.0 Å². The van der Waals surface area contributed by atoms with Crippen LogP contribution in [0.1, 0.15) is 15.9 Å². The van der Waals surface area contributed by atoms with Crippen molar-refractivity contribution in [2.75, 3.05) is 0 Å². The first-order valence-corrected chi connectivity index (χ1v) is 7.52. The molecule has 0 unspecified atom stereocenters. The van der Waals surface area contributed by atoms with Crippen molar-refractivity contribution in [1.82, 2.24) is 0 Å². The zero-order valence-corrected chi connectivity index (χ0v) is 12.4. The maximum Gasteiger partial charge on any atom is 0.339 e. The summed E-state index contributed by atoms with van der Waals surface area (Å²) in [6.07, 6.45) is 0. The van der Waals surface area contributed by atoms with Gasteiger partial charge in [-0.3, -0.25) is 0 Å². The Balaban J connectivity index is 1.90. The molecule has 3 aromatic rings. The monoisotopic (exact) mass is 318 g/mol. The molecule has 1 N–H and O–H groups in total. The highest BCUT2D eigenvalue weighted by molar-refractivity contribution is 7.17. The summed E-state index contributed by atoms with van der Waals surface area (Å²) >= 11 is 7.68.